The Morgan fingerprint density at radius 2 is 2.25 bits per heavy atom. The average molecular weight is 163 g/mol. The van der Waals surface area contributed by atoms with Crippen molar-refractivity contribution < 1.29 is 0 Å². The van der Waals surface area contributed by atoms with Crippen molar-refractivity contribution in [3.05, 3.63) is 24.0 Å². The minimum absolute atomic E-state index is 1.07. The lowest BCUT2D eigenvalue weighted by Gasteiger charge is -2.25. The molecule has 0 aromatic rings. The van der Waals surface area contributed by atoms with E-state index < -0.39 is 0 Å². The Morgan fingerprint density at radius 3 is 2.92 bits per heavy atom. The Hall–Kier alpha value is -1.09. The van der Waals surface area contributed by atoms with Crippen LogP contribution in [0.5, 0.6) is 0 Å². The van der Waals surface area contributed by atoms with Gasteiger partial charge in [0.1, 0.15) is 0 Å². The van der Waals surface area contributed by atoms with Crippen LogP contribution < -0.4 is 5.32 Å². The second-order valence-electron chi connectivity index (χ2n) is 2.98. The molecule has 2 aliphatic heterocycles. The molecule has 0 amide bonds. The Labute approximate surface area is 72.5 Å². The van der Waals surface area contributed by atoms with E-state index in [0.717, 1.165) is 31.9 Å². The molecule has 0 unspecified atom stereocenters. The van der Waals surface area contributed by atoms with Gasteiger partial charge in [0.2, 0.25) is 0 Å². The molecular weight excluding hydrogens is 150 g/mol. The number of allylic oxidation sites excluding steroid dienone is 2. The first kappa shape index (κ1) is 7.55. The highest BCUT2D eigenvalue weighted by Crippen LogP contribution is 2.06. The summed E-state index contributed by atoms with van der Waals surface area (Å²) >= 11 is 0. The Bertz CT molecular complexity index is 220. The molecule has 0 aromatic carbocycles. The summed E-state index contributed by atoms with van der Waals surface area (Å²) < 4.78 is 0. The summed E-state index contributed by atoms with van der Waals surface area (Å²) in [7, 11) is 0. The zero-order valence-electron chi connectivity index (χ0n) is 7.03. The van der Waals surface area contributed by atoms with E-state index in [-0.39, 0.29) is 0 Å². The number of hydrogen-bond acceptors (Lipinski definition) is 3. The van der Waals surface area contributed by atoms with Crippen molar-refractivity contribution >= 4 is 6.21 Å². The summed E-state index contributed by atoms with van der Waals surface area (Å²) in [6.07, 6.45) is 7.95. The van der Waals surface area contributed by atoms with Crippen LogP contribution in [0.2, 0.25) is 0 Å². The third kappa shape index (κ3) is 1.74. The van der Waals surface area contributed by atoms with Crippen LogP contribution in [0.3, 0.4) is 0 Å². The van der Waals surface area contributed by atoms with E-state index in [1.165, 1.54) is 0 Å². The summed E-state index contributed by atoms with van der Waals surface area (Å²) in [5, 5.41) is 3.31. The van der Waals surface area contributed by atoms with Gasteiger partial charge in [0.15, 0.2) is 0 Å². The standard InChI is InChI=1S/C9H13N3/c1-2-9(11-3-1)8-12-6-4-10-5-7-12/h1-3,8,10H,4-7H2/b9-8-. The maximum Gasteiger partial charge on any atom is 0.0788 e. The largest absolute Gasteiger partial charge is 0.373 e. The second kappa shape index (κ2) is 3.54. The molecule has 3 heteroatoms. The minimum atomic E-state index is 1.07. The molecule has 2 rings (SSSR count). The SMILES string of the molecule is C1=C/C(=C/N2CCNCC2)N=C1. The Morgan fingerprint density at radius 1 is 1.42 bits per heavy atom. The van der Waals surface area contributed by atoms with Gasteiger partial charge in [0.05, 0.1) is 5.70 Å². The van der Waals surface area contributed by atoms with Crippen molar-refractivity contribution in [3.63, 3.8) is 0 Å². The van der Waals surface area contributed by atoms with Crippen LogP contribution in [-0.4, -0.2) is 37.3 Å². The maximum absolute atomic E-state index is 4.19. The van der Waals surface area contributed by atoms with E-state index in [2.05, 4.69) is 21.4 Å². The smallest absolute Gasteiger partial charge is 0.0788 e. The van der Waals surface area contributed by atoms with Crippen molar-refractivity contribution in [1.82, 2.24) is 10.2 Å². The lowest BCUT2D eigenvalue weighted by Crippen LogP contribution is -2.40. The molecule has 0 bridgehead atoms. The molecule has 3 nitrogen and oxygen atoms in total. The number of aliphatic imine (C=N–C) groups is 1. The number of nitrogens with zero attached hydrogens (tertiary/aromatic N) is 2. The monoisotopic (exact) mass is 163 g/mol. The summed E-state index contributed by atoms with van der Waals surface area (Å²) in [5.41, 5.74) is 1.07. The van der Waals surface area contributed by atoms with Gasteiger partial charge < -0.3 is 10.2 Å². The van der Waals surface area contributed by atoms with Gasteiger partial charge in [-0.25, -0.2) is 0 Å². The molecule has 0 atom stereocenters. The van der Waals surface area contributed by atoms with E-state index in [9.17, 15) is 0 Å². The molecule has 2 heterocycles. The first-order chi connectivity index (χ1) is 5.95. The van der Waals surface area contributed by atoms with E-state index in [1.807, 2.05) is 18.4 Å². The third-order valence-corrected chi connectivity index (χ3v) is 2.04. The Kier molecular flexibility index (Phi) is 2.23. The van der Waals surface area contributed by atoms with Crippen molar-refractivity contribution in [2.45, 2.75) is 0 Å². The normalized spacial score (nSPS) is 25.7. The van der Waals surface area contributed by atoms with Gasteiger partial charge in [-0.3, -0.25) is 4.99 Å². The van der Waals surface area contributed by atoms with E-state index in [1.54, 1.807) is 0 Å². The topological polar surface area (TPSA) is 27.6 Å². The van der Waals surface area contributed by atoms with Gasteiger partial charge in [-0.15, -0.1) is 0 Å². The molecule has 64 valence electrons. The molecule has 1 fully saturated rings. The van der Waals surface area contributed by atoms with Crippen LogP contribution in [0, 0.1) is 0 Å². The van der Waals surface area contributed by atoms with Crippen molar-refractivity contribution in [2.75, 3.05) is 26.2 Å². The first-order valence-corrected chi connectivity index (χ1v) is 4.32. The van der Waals surface area contributed by atoms with E-state index >= 15 is 0 Å². The van der Waals surface area contributed by atoms with Crippen LogP contribution in [0.25, 0.3) is 0 Å². The molecule has 1 saturated heterocycles. The molecule has 0 aliphatic carbocycles. The number of rotatable bonds is 1. The fourth-order valence-corrected chi connectivity index (χ4v) is 1.39. The lowest BCUT2D eigenvalue weighted by atomic mass is 10.3. The van der Waals surface area contributed by atoms with Gasteiger partial charge in [-0.05, 0) is 12.2 Å². The van der Waals surface area contributed by atoms with Crippen molar-refractivity contribution in [1.29, 1.82) is 0 Å². The van der Waals surface area contributed by atoms with Crippen LogP contribution in [0.4, 0.5) is 0 Å². The highest BCUT2D eigenvalue weighted by Gasteiger charge is 2.05. The van der Waals surface area contributed by atoms with Crippen LogP contribution in [0.1, 0.15) is 0 Å². The van der Waals surface area contributed by atoms with Gasteiger partial charge in [-0.2, -0.15) is 0 Å². The molecule has 0 spiro atoms. The first-order valence-electron chi connectivity index (χ1n) is 4.32. The fraction of sp³-hybridized carbons (Fsp3) is 0.444. The summed E-state index contributed by atoms with van der Waals surface area (Å²) in [6, 6.07) is 0. The zero-order chi connectivity index (χ0) is 8.23. The summed E-state index contributed by atoms with van der Waals surface area (Å²) in [6.45, 7) is 4.34. The molecule has 0 aromatic heterocycles. The maximum atomic E-state index is 4.19. The molecule has 0 saturated carbocycles. The fourth-order valence-electron chi connectivity index (χ4n) is 1.39. The minimum Gasteiger partial charge on any atom is -0.373 e. The van der Waals surface area contributed by atoms with Crippen molar-refractivity contribution in [2.24, 2.45) is 4.99 Å². The summed E-state index contributed by atoms with van der Waals surface area (Å²) in [5.74, 6) is 0. The highest BCUT2D eigenvalue weighted by atomic mass is 15.2. The van der Waals surface area contributed by atoms with Gasteiger partial charge >= 0.3 is 0 Å². The molecule has 1 N–H and O–H groups in total. The predicted molar refractivity (Wildman–Crippen MR) is 50.2 cm³/mol. The Balaban J connectivity index is 1.96. The van der Waals surface area contributed by atoms with Gasteiger partial charge in [0.25, 0.3) is 0 Å². The van der Waals surface area contributed by atoms with Crippen LogP contribution in [0.15, 0.2) is 29.0 Å². The third-order valence-electron chi connectivity index (χ3n) is 2.04. The predicted octanol–water partition coefficient (Wildman–Crippen LogP) is 0.374. The second-order valence-corrected chi connectivity index (χ2v) is 2.98. The number of hydrogen-bond donors (Lipinski definition) is 1. The number of piperazine rings is 1. The van der Waals surface area contributed by atoms with Gasteiger partial charge in [-0.1, -0.05) is 0 Å². The van der Waals surface area contributed by atoms with E-state index in [4.69, 9.17) is 0 Å². The molecule has 12 heavy (non-hydrogen) atoms. The van der Waals surface area contributed by atoms with Crippen LogP contribution in [-0.2, 0) is 0 Å². The average Bonchev–Trinajstić information content (AvgIpc) is 2.59. The quantitative estimate of drug-likeness (QED) is 0.605. The van der Waals surface area contributed by atoms with E-state index in [0.29, 0.717) is 0 Å². The molecule has 0 radical (unpaired) electrons. The van der Waals surface area contributed by atoms with Gasteiger partial charge in [0, 0.05) is 38.6 Å². The number of nitrogens with one attached hydrogen (secondary N) is 1. The molecule has 2 aliphatic rings. The van der Waals surface area contributed by atoms with Crippen LogP contribution >= 0.6 is 0 Å². The zero-order valence-corrected chi connectivity index (χ0v) is 7.03. The molecular formula is C9H13N3. The highest BCUT2D eigenvalue weighted by molar-refractivity contribution is 5.76. The van der Waals surface area contributed by atoms with Crippen molar-refractivity contribution in [3.8, 4) is 0 Å². The lowest BCUT2D eigenvalue weighted by molar-refractivity contribution is 0.322. The summed E-state index contributed by atoms with van der Waals surface area (Å²) in [4.78, 5) is 6.50.